The number of halogens is 1. The van der Waals surface area contributed by atoms with Crippen molar-refractivity contribution < 1.29 is 14.3 Å². The first kappa shape index (κ1) is 20.1. The van der Waals surface area contributed by atoms with E-state index in [0.717, 1.165) is 11.1 Å². The van der Waals surface area contributed by atoms with E-state index < -0.39 is 11.8 Å². The highest BCUT2D eigenvalue weighted by Gasteiger charge is 2.14. The van der Waals surface area contributed by atoms with Crippen molar-refractivity contribution in [3.63, 3.8) is 0 Å². The highest BCUT2D eigenvalue weighted by molar-refractivity contribution is 5.87. The Morgan fingerprint density at radius 1 is 1.10 bits per heavy atom. The zero-order valence-electron chi connectivity index (χ0n) is 16.8. The highest BCUT2D eigenvalue weighted by atomic mass is 19.1. The molecule has 0 amide bonds. The molecule has 0 aliphatic carbocycles. The maximum atomic E-state index is 13.4. The van der Waals surface area contributed by atoms with Gasteiger partial charge in [-0.25, -0.2) is 23.8 Å². The van der Waals surface area contributed by atoms with Crippen LogP contribution >= 0.6 is 0 Å². The lowest BCUT2D eigenvalue weighted by Gasteiger charge is -2.11. The van der Waals surface area contributed by atoms with Gasteiger partial charge in [0.1, 0.15) is 23.1 Å². The number of nitrogens with one attached hydrogen (secondary N) is 1. The van der Waals surface area contributed by atoms with E-state index >= 15 is 0 Å². The number of nitrogens with zero attached hydrogens (tertiary/aromatic N) is 5. The number of pyridine rings is 2. The fraction of sp³-hybridized carbons (Fsp3) is 0.136. The molecule has 2 N–H and O–H groups in total. The third-order valence-electron chi connectivity index (χ3n) is 4.76. The van der Waals surface area contributed by atoms with Gasteiger partial charge >= 0.3 is 5.97 Å². The van der Waals surface area contributed by atoms with Crippen LogP contribution in [0.15, 0.2) is 60.9 Å². The van der Waals surface area contributed by atoms with Gasteiger partial charge in [0.2, 0.25) is 0 Å². The van der Waals surface area contributed by atoms with Crippen molar-refractivity contribution in [3.8, 4) is 11.4 Å². The van der Waals surface area contributed by atoms with Crippen LogP contribution < -0.4 is 5.32 Å². The van der Waals surface area contributed by atoms with Crippen LogP contribution in [0.25, 0.3) is 11.4 Å². The van der Waals surface area contributed by atoms with Gasteiger partial charge in [0, 0.05) is 12.3 Å². The molecule has 4 aromatic rings. The molecule has 0 aliphatic heterocycles. The molecule has 156 valence electrons. The average Bonchev–Trinajstić information content (AvgIpc) is 3.23. The molecular formula is C22H19FN6O2. The molecule has 1 unspecified atom stereocenters. The molecule has 3 heterocycles. The van der Waals surface area contributed by atoms with Crippen LogP contribution in [0.3, 0.4) is 0 Å². The van der Waals surface area contributed by atoms with Crippen LogP contribution in [0.4, 0.5) is 16.0 Å². The predicted octanol–water partition coefficient (Wildman–Crippen LogP) is 4.23. The Morgan fingerprint density at radius 3 is 2.58 bits per heavy atom. The van der Waals surface area contributed by atoms with Crippen LogP contribution in [-0.2, 0) is 0 Å². The molecule has 0 saturated carbocycles. The molecule has 0 saturated heterocycles. The number of aryl methyl sites for hydroxylation is 1. The first-order chi connectivity index (χ1) is 14.9. The van der Waals surface area contributed by atoms with Gasteiger partial charge in [-0.1, -0.05) is 17.3 Å². The Morgan fingerprint density at radius 2 is 1.87 bits per heavy atom. The Balaban J connectivity index is 1.58. The molecule has 3 aromatic heterocycles. The summed E-state index contributed by atoms with van der Waals surface area (Å²) in [4.78, 5) is 19.7. The molecular weight excluding hydrogens is 399 g/mol. The monoisotopic (exact) mass is 418 g/mol. The maximum absolute atomic E-state index is 13.4. The lowest BCUT2D eigenvalue weighted by atomic mass is 10.1. The minimum atomic E-state index is -0.967. The smallest absolute Gasteiger partial charge is 0.335 e. The van der Waals surface area contributed by atoms with Crippen LogP contribution in [0.1, 0.15) is 34.5 Å². The van der Waals surface area contributed by atoms with E-state index in [0.29, 0.717) is 23.0 Å². The number of hydrogen-bond donors (Lipinski definition) is 2. The van der Waals surface area contributed by atoms with Gasteiger partial charge < -0.3 is 10.4 Å². The first-order valence-electron chi connectivity index (χ1n) is 9.52. The normalized spacial score (nSPS) is 11.8. The fourth-order valence-corrected chi connectivity index (χ4v) is 3.11. The molecule has 8 nitrogen and oxygen atoms in total. The second-order valence-corrected chi connectivity index (χ2v) is 7.09. The van der Waals surface area contributed by atoms with Crippen LogP contribution in [-0.4, -0.2) is 36.0 Å². The molecule has 0 spiro atoms. The van der Waals surface area contributed by atoms with Crippen LogP contribution in [0.2, 0.25) is 0 Å². The van der Waals surface area contributed by atoms with Crippen molar-refractivity contribution in [1.29, 1.82) is 0 Å². The minimum absolute atomic E-state index is 0.150. The number of rotatable bonds is 6. The maximum Gasteiger partial charge on any atom is 0.335 e. The fourth-order valence-electron chi connectivity index (χ4n) is 3.11. The summed E-state index contributed by atoms with van der Waals surface area (Å²) in [5.41, 5.74) is 3.26. The van der Waals surface area contributed by atoms with Crippen molar-refractivity contribution in [2.75, 3.05) is 5.32 Å². The van der Waals surface area contributed by atoms with Crippen molar-refractivity contribution in [1.82, 2.24) is 25.0 Å². The third-order valence-corrected chi connectivity index (χ3v) is 4.76. The Kier molecular flexibility index (Phi) is 5.40. The third kappa shape index (κ3) is 4.55. The van der Waals surface area contributed by atoms with Gasteiger partial charge in [0.25, 0.3) is 0 Å². The number of carbonyl (C=O) groups is 1. The zero-order valence-corrected chi connectivity index (χ0v) is 16.8. The minimum Gasteiger partial charge on any atom is -0.478 e. The molecule has 1 atom stereocenters. The van der Waals surface area contributed by atoms with Gasteiger partial charge in [-0.3, -0.25) is 0 Å². The molecule has 0 aliphatic rings. The van der Waals surface area contributed by atoms with E-state index in [4.69, 9.17) is 5.11 Å². The summed E-state index contributed by atoms with van der Waals surface area (Å²) in [6.07, 6.45) is 3.16. The summed E-state index contributed by atoms with van der Waals surface area (Å²) >= 11 is 0. The number of aromatic nitrogens is 5. The van der Waals surface area contributed by atoms with E-state index in [-0.39, 0.29) is 11.6 Å². The van der Waals surface area contributed by atoms with Crippen LogP contribution in [0, 0.1) is 12.7 Å². The number of hydrogen-bond acceptors (Lipinski definition) is 6. The summed E-state index contributed by atoms with van der Waals surface area (Å²) in [5, 5.41) is 20.5. The Bertz CT molecular complexity index is 1240. The number of carboxylic acid groups (broad SMARTS) is 1. The first-order valence-corrected chi connectivity index (χ1v) is 9.52. The van der Waals surface area contributed by atoms with Gasteiger partial charge in [0.05, 0.1) is 23.5 Å². The van der Waals surface area contributed by atoms with Gasteiger partial charge in [-0.05, 0) is 55.3 Å². The van der Waals surface area contributed by atoms with Gasteiger partial charge in [-0.2, -0.15) is 0 Å². The predicted molar refractivity (Wildman–Crippen MR) is 113 cm³/mol. The van der Waals surface area contributed by atoms with Crippen molar-refractivity contribution in [2.24, 2.45) is 0 Å². The second kappa shape index (κ2) is 8.31. The lowest BCUT2D eigenvalue weighted by molar-refractivity contribution is 0.0697. The number of aromatic carboxylic acids is 1. The quantitative estimate of drug-likeness (QED) is 0.482. The summed E-state index contributed by atoms with van der Waals surface area (Å²) in [6, 6.07) is 12.8. The molecule has 9 heteroatoms. The lowest BCUT2D eigenvalue weighted by Crippen LogP contribution is -2.08. The molecule has 0 fully saturated rings. The summed E-state index contributed by atoms with van der Waals surface area (Å²) in [6.45, 7) is 3.87. The zero-order chi connectivity index (χ0) is 22.0. The SMILES string of the molecule is Cc1cc(Nc2cc(F)ccn2)nc(-c2cn(C(C)c3ccc(C(=O)O)cc3)nn2)c1. The summed E-state index contributed by atoms with van der Waals surface area (Å²) in [5.74, 6) is -0.490. The van der Waals surface area contributed by atoms with Gasteiger partial charge in [-0.15, -0.1) is 5.10 Å². The van der Waals surface area contributed by atoms with E-state index in [1.165, 1.54) is 18.3 Å². The molecule has 4 rings (SSSR count). The highest BCUT2D eigenvalue weighted by Crippen LogP contribution is 2.24. The molecule has 31 heavy (non-hydrogen) atoms. The van der Waals surface area contributed by atoms with Gasteiger partial charge in [0.15, 0.2) is 0 Å². The Hall–Kier alpha value is -4.14. The molecule has 1 aromatic carbocycles. The van der Waals surface area contributed by atoms with Crippen LogP contribution in [0.5, 0.6) is 0 Å². The summed E-state index contributed by atoms with van der Waals surface area (Å²) < 4.78 is 15.1. The number of anilines is 2. The summed E-state index contributed by atoms with van der Waals surface area (Å²) in [7, 11) is 0. The van der Waals surface area contributed by atoms with E-state index in [1.54, 1.807) is 35.1 Å². The van der Waals surface area contributed by atoms with Crippen molar-refractivity contribution >= 4 is 17.6 Å². The van der Waals surface area contributed by atoms with E-state index in [2.05, 4.69) is 25.6 Å². The second-order valence-electron chi connectivity index (χ2n) is 7.09. The standard InChI is InChI=1S/C22H19FN6O2/c1-13-9-18(25-21(10-13)26-20-11-17(23)7-8-24-20)19-12-29(28-27-19)14(2)15-3-5-16(6-4-15)22(30)31/h3-12,14H,1-2H3,(H,30,31)(H,24,25,26). The number of carboxylic acids is 1. The molecule has 0 bridgehead atoms. The van der Waals surface area contributed by atoms with Crippen molar-refractivity contribution in [2.45, 2.75) is 19.9 Å². The van der Waals surface area contributed by atoms with Crippen molar-refractivity contribution in [3.05, 3.63) is 83.4 Å². The largest absolute Gasteiger partial charge is 0.478 e. The average molecular weight is 418 g/mol. The van der Waals surface area contributed by atoms with E-state index in [1.807, 2.05) is 26.0 Å². The Labute approximate surface area is 177 Å². The van der Waals surface area contributed by atoms with E-state index in [9.17, 15) is 9.18 Å². The number of benzene rings is 1. The topological polar surface area (TPSA) is 106 Å². The molecule has 0 radical (unpaired) electrons.